The molecule has 2 aromatic heterocycles. The smallest absolute Gasteiger partial charge is 0.188 e. The zero-order valence-corrected chi connectivity index (χ0v) is 9.41. The van der Waals surface area contributed by atoms with Crippen molar-refractivity contribution in [2.24, 2.45) is 7.05 Å². The Morgan fingerprint density at radius 2 is 2.40 bits per heavy atom. The molecule has 78 valence electrons. The average molecular weight is 221 g/mol. The number of Topliss-reactive ketones (excluding diaryl/α,β-unsaturated/α-hetero) is 1. The lowest BCUT2D eigenvalue weighted by Gasteiger charge is -1.93. The molecule has 15 heavy (non-hydrogen) atoms. The van der Waals surface area contributed by atoms with E-state index in [9.17, 15) is 4.79 Å². The lowest BCUT2D eigenvalue weighted by Crippen LogP contribution is -2.05. The standard InChI is InChI=1S/C10H11N3OS/c1-7-11-9(6-15-7)10(14)5-8-3-4-13(2)12-8/h3-4,6H,5H2,1-2H3. The van der Waals surface area contributed by atoms with Gasteiger partial charge in [0.25, 0.3) is 0 Å². The Balaban J connectivity index is 2.10. The van der Waals surface area contributed by atoms with Crippen molar-refractivity contribution in [3.8, 4) is 0 Å². The second-order valence-electron chi connectivity index (χ2n) is 3.33. The number of aromatic nitrogens is 3. The Bertz CT molecular complexity index is 486. The van der Waals surface area contributed by atoms with Crippen molar-refractivity contribution in [3.05, 3.63) is 34.0 Å². The number of carbonyl (C=O) groups excluding carboxylic acids is 1. The van der Waals surface area contributed by atoms with Crippen molar-refractivity contribution in [2.75, 3.05) is 0 Å². The van der Waals surface area contributed by atoms with Gasteiger partial charge in [0.15, 0.2) is 5.78 Å². The summed E-state index contributed by atoms with van der Waals surface area (Å²) in [4.78, 5) is 15.9. The largest absolute Gasteiger partial charge is 0.292 e. The highest BCUT2D eigenvalue weighted by Crippen LogP contribution is 2.10. The summed E-state index contributed by atoms with van der Waals surface area (Å²) in [6.07, 6.45) is 2.15. The minimum absolute atomic E-state index is 0.0260. The number of ketones is 1. The van der Waals surface area contributed by atoms with Gasteiger partial charge >= 0.3 is 0 Å². The van der Waals surface area contributed by atoms with Crippen LogP contribution in [0.4, 0.5) is 0 Å². The summed E-state index contributed by atoms with van der Waals surface area (Å²) in [5.74, 6) is 0.0260. The highest BCUT2D eigenvalue weighted by molar-refractivity contribution is 7.09. The molecule has 0 fully saturated rings. The van der Waals surface area contributed by atoms with Gasteiger partial charge in [-0.2, -0.15) is 5.10 Å². The zero-order chi connectivity index (χ0) is 10.8. The lowest BCUT2D eigenvalue weighted by atomic mass is 10.2. The quantitative estimate of drug-likeness (QED) is 0.740. The van der Waals surface area contributed by atoms with Crippen molar-refractivity contribution >= 4 is 17.1 Å². The summed E-state index contributed by atoms with van der Waals surface area (Å²) in [5, 5.41) is 6.86. The van der Waals surface area contributed by atoms with Crippen molar-refractivity contribution in [1.29, 1.82) is 0 Å². The van der Waals surface area contributed by atoms with Gasteiger partial charge in [0.1, 0.15) is 5.69 Å². The third-order valence-electron chi connectivity index (χ3n) is 2.02. The minimum Gasteiger partial charge on any atom is -0.292 e. The van der Waals surface area contributed by atoms with E-state index in [-0.39, 0.29) is 5.78 Å². The molecule has 0 N–H and O–H groups in total. The van der Waals surface area contributed by atoms with Gasteiger partial charge in [0.05, 0.1) is 17.1 Å². The molecule has 0 spiro atoms. The number of hydrogen-bond donors (Lipinski definition) is 0. The topological polar surface area (TPSA) is 47.8 Å². The first-order chi connectivity index (χ1) is 7.15. The van der Waals surface area contributed by atoms with E-state index in [0.29, 0.717) is 12.1 Å². The molecule has 0 saturated carbocycles. The number of hydrogen-bond acceptors (Lipinski definition) is 4. The van der Waals surface area contributed by atoms with E-state index in [1.807, 2.05) is 26.2 Å². The van der Waals surface area contributed by atoms with E-state index in [4.69, 9.17) is 0 Å². The second kappa shape index (κ2) is 3.94. The maximum atomic E-state index is 11.7. The molecule has 5 heteroatoms. The maximum Gasteiger partial charge on any atom is 0.188 e. The normalized spacial score (nSPS) is 10.5. The molecule has 4 nitrogen and oxygen atoms in total. The molecule has 0 aliphatic heterocycles. The predicted molar refractivity (Wildman–Crippen MR) is 58.1 cm³/mol. The van der Waals surface area contributed by atoms with Crippen LogP contribution in [0, 0.1) is 6.92 Å². The van der Waals surface area contributed by atoms with Gasteiger partial charge in [0, 0.05) is 18.6 Å². The van der Waals surface area contributed by atoms with Gasteiger partial charge in [-0.25, -0.2) is 4.98 Å². The van der Waals surface area contributed by atoms with E-state index in [1.165, 1.54) is 11.3 Å². The van der Waals surface area contributed by atoms with Crippen LogP contribution in [-0.4, -0.2) is 20.5 Å². The predicted octanol–water partition coefficient (Wildman–Crippen LogP) is 1.61. The van der Waals surface area contributed by atoms with Crippen LogP contribution < -0.4 is 0 Å². The number of thiazole rings is 1. The molecule has 0 unspecified atom stereocenters. The highest BCUT2D eigenvalue weighted by atomic mass is 32.1. The first-order valence-electron chi connectivity index (χ1n) is 4.59. The van der Waals surface area contributed by atoms with Crippen LogP contribution in [0.5, 0.6) is 0 Å². The first-order valence-corrected chi connectivity index (χ1v) is 5.47. The van der Waals surface area contributed by atoms with Crippen LogP contribution in [0.3, 0.4) is 0 Å². The molecule has 0 bridgehead atoms. The zero-order valence-electron chi connectivity index (χ0n) is 8.60. The Morgan fingerprint density at radius 3 is 2.93 bits per heavy atom. The van der Waals surface area contributed by atoms with Gasteiger partial charge in [-0.1, -0.05) is 0 Å². The number of rotatable bonds is 3. The monoisotopic (exact) mass is 221 g/mol. The molecule has 0 atom stereocenters. The van der Waals surface area contributed by atoms with Gasteiger partial charge in [0.2, 0.25) is 0 Å². The lowest BCUT2D eigenvalue weighted by molar-refractivity contribution is 0.0987. The van der Waals surface area contributed by atoms with Crippen LogP contribution in [0.25, 0.3) is 0 Å². The molecule has 2 heterocycles. The molecule has 2 rings (SSSR count). The number of nitrogens with zero attached hydrogens (tertiary/aromatic N) is 3. The Morgan fingerprint density at radius 1 is 1.60 bits per heavy atom. The Kier molecular flexibility index (Phi) is 2.64. The fourth-order valence-electron chi connectivity index (χ4n) is 1.30. The third-order valence-corrected chi connectivity index (χ3v) is 2.79. The fourth-order valence-corrected chi connectivity index (χ4v) is 1.92. The van der Waals surface area contributed by atoms with E-state index < -0.39 is 0 Å². The molecule has 0 aliphatic rings. The summed E-state index contributed by atoms with van der Waals surface area (Å²) in [7, 11) is 1.83. The Hall–Kier alpha value is -1.49. The molecule has 0 amide bonds. The molecular weight excluding hydrogens is 210 g/mol. The van der Waals surface area contributed by atoms with E-state index in [0.717, 1.165) is 10.7 Å². The van der Waals surface area contributed by atoms with Crippen LogP contribution in [0.15, 0.2) is 17.6 Å². The summed E-state index contributed by atoms with van der Waals surface area (Å²) in [6.45, 7) is 1.89. The summed E-state index contributed by atoms with van der Waals surface area (Å²) in [5.41, 5.74) is 1.33. The van der Waals surface area contributed by atoms with Gasteiger partial charge in [-0.15, -0.1) is 11.3 Å². The molecule has 0 saturated heterocycles. The van der Waals surface area contributed by atoms with Crippen molar-refractivity contribution < 1.29 is 4.79 Å². The van der Waals surface area contributed by atoms with Crippen molar-refractivity contribution in [3.63, 3.8) is 0 Å². The van der Waals surface area contributed by atoms with E-state index >= 15 is 0 Å². The Labute approximate surface area is 91.6 Å². The number of aryl methyl sites for hydroxylation is 2. The third kappa shape index (κ3) is 2.30. The minimum atomic E-state index is 0.0260. The summed E-state index contributed by atoms with van der Waals surface area (Å²) >= 11 is 1.49. The maximum absolute atomic E-state index is 11.7. The SMILES string of the molecule is Cc1nc(C(=O)Cc2ccn(C)n2)cs1. The average Bonchev–Trinajstić information content (AvgIpc) is 2.75. The molecule has 0 aliphatic carbocycles. The van der Waals surface area contributed by atoms with Crippen LogP contribution in [0.1, 0.15) is 21.2 Å². The fraction of sp³-hybridized carbons (Fsp3) is 0.300. The van der Waals surface area contributed by atoms with Crippen molar-refractivity contribution in [1.82, 2.24) is 14.8 Å². The molecule has 2 aromatic rings. The molecular formula is C10H11N3OS. The van der Waals surface area contributed by atoms with E-state index in [2.05, 4.69) is 10.1 Å². The van der Waals surface area contributed by atoms with Crippen LogP contribution >= 0.6 is 11.3 Å². The summed E-state index contributed by atoms with van der Waals surface area (Å²) in [6, 6.07) is 1.84. The first kappa shape index (κ1) is 10.0. The van der Waals surface area contributed by atoms with Gasteiger partial charge < -0.3 is 0 Å². The number of carbonyl (C=O) groups is 1. The van der Waals surface area contributed by atoms with Crippen molar-refractivity contribution in [2.45, 2.75) is 13.3 Å². The van der Waals surface area contributed by atoms with Crippen LogP contribution in [0.2, 0.25) is 0 Å². The second-order valence-corrected chi connectivity index (χ2v) is 4.39. The van der Waals surface area contributed by atoms with Gasteiger partial charge in [-0.3, -0.25) is 9.48 Å². The van der Waals surface area contributed by atoms with E-state index in [1.54, 1.807) is 10.1 Å². The highest BCUT2D eigenvalue weighted by Gasteiger charge is 2.11. The molecule has 0 aromatic carbocycles. The molecule has 0 radical (unpaired) electrons. The summed E-state index contributed by atoms with van der Waals surface area (Å²) < 4.78 is 1.69. The van der Waals surface area contributed by atoms with Gasteiger partial charge in [-0.05, 0) is 13.0 Å². The van der Waals surface area contributed by atoms with Crippen LogP contribution in [-0.2, 0) is 13.5 Å².